The average Bonchev–Trinajstić information content (AvgIpc) is 2.60. The van der Waals surface area contributed by atoms with Crippen LogP contribution in [0.2, 0.25) is 0 Å². The van der Waals surface area contributed by atoms with Crippen molar-refractivity contribution in [1.29, 1.82) is 0 Å². The number of nitrogens with one attached hydrogen (secondary N) is 1. The summed E-state index contributed by atoms with van der Waals surface area (Å²) < 4.78 is 5.23. The van der Waals surface area contributed by atoms with Crippen molar-refractivity contribution < 1.29 is 4.74 Å². The van der Waals surface area contributed by atoms with E-state index in [2.05, 4.69) is 38.4 Å². The van der Waals surface area contributed by atoms with Crippen LogP contribution in [-0.2, 0) is 6.42 Å². The minimum atomic E-state index is 0.564. The van der Waals surface area contributed by atoms with Crippen molar-refractivity contribution in [2.24, 2.45) is 0 Å². The molecule has 0 bridgehead atoms. The van der Waals surface area contributed by atoms with E-state index in [1.165, 1.54) is 5.56 Å². The maximum atomic E-state index is 5.23. The zero-order chi connectivity index (χ0) is 16.5. The van der Waals surface area contributed by atoms with E-state index in [4.69, 9.17) is 4.74 Å². The second-order valence-electron chi connectivity index (χ2n) is 5.44. The summed E-state index contributed by atoms with van der Waals surface area (Å²) in [6.45, 7) is 3.90. The summed E-state index contributed by atoms with van der Waals surface area (Å²) in [7, 11) is 3.71. The molecule has 0 atom stereocenters. The second kappa shape index (κ2) is 8.92. The van der Waals surface area contributed by atoms with E-state index in [-0.39, 0.29) is 0 Å². The largest absolute Gasteiger partial charge is 0.497 e. The van der Waals surface area contributed by atoms with Gasteiger partial charge in [-0.05, 0) is 30.5 Å². The predicted octanol–water partition coefficient (Wildman–Crippen LogP) is 2.77. The van der Waals surface area contributed by atoms with Gasteiger partial charge in [0, 0.05) is 20.1 Å². The molecule has 1 aromatic carbocycles. The van der Waals surface area contributed by atoms with Crippen molar-refractivity contribution in [3.05, 3.63) is 36.0 Å². The summed E-state index contributed by atoms with van der Waals surface area (Å²) in [6, 6.07) is 8.06. The number of ether oxygens (including phenoxy) is 1. The summed E-state index contributed by atoms with van der Waals surface area (Å²) in [4.78, 5) is 6.61. The Morgan fingerprint density at radius 1 is 1.30 bits per heavy atom. The molecule has 23 heavy (non-hydrogen) atoms. The number of hydrogen-bond acceptors (Lipinski definition) is 6. The molecule has 124 valence electrons. The lowest BCUT2D eigenvalue weighted by molar-refractivity contribution is 0.414. The van der Waals surface area contributed by atoms with Crippen LogP contribution in [0.15, 0.2) is 30.5 Å². The zero-order valence-electron chi connectivity index (χ0n) is 14.1. The van der Waals surface area contributed by atoms with Gasteiger partial charge in [0.05, 0.1) is 13.3 Å². The Morgan fingerprint density at radius 2 is 2.17 bits per heavy atom. The first kappa shape index (κ1) is 17.0. The quantitative estimate of drug-likeness (QED) is 0.768. The van der Waals surface area contributed by atoms with Crippen LogP contribution in [0.5, 0.6) is 5.75 Å². The van der Waals surface area contributed by atoms with Crippen LogP contribution in [0.1, 0.15) is 25.3 Å². The van der Waals surface area contributed by atoms with Crippen molar-refractivity contribution in [2.75, 3.05) is 37.5 Å². The zero-order valence-corrected chi connectivity index (χ0v) is 14.1. The normalized spacial score (nSPS) is 10.4. The lowest BCUT2D eigenvalue weighted by Crippen LogP contribution is -2.21. The molecule has 0 radical (unpaired) electrons. The van der Waals surface area contributed by atoms with E-state index < -0.39 is 0 Å². The van der Waals surface area contributed by atoms with Gasteiger partial charge in [0.2, 0.25) is 5.95 Å². The fourth-order valence-electron chi connectivity index (χ4n) is 2.21. The third kappa shape index (κ3) is 5.39. The Bertz CT molecular complexity index is 605. The number of rotatable bonds is 9. The van der Waals surface area contributed by atoms with Crippen molar-refractivity contribution in [3.8, 4) is 5.75 Å². The summed E-state index contributed by atoms with van der Waals surface area (Å²) >= 11 is 0. The molecule has 2 aromatic rings. The number of methoxy groups -OCH3 is 1. The molecule has 0 spiro atoms. The van der Waals surface area contributed by atoms with E-state index in [9.17, 15) is 0 Å². The molecular formula is C17H25N5O. The van der Waals surface area contributed by atoms with Crippen molar-refractivity contribution in [2.45, 2.75) is 26.2 Å². The van der Waals surface area contributed by atoms with E-state index in [1.54, 1.807) is 13.3 Å². The Morgan fingerprint density at radius 3 is 2.96 bits per heavy atom. The molecule has 0 fully saturated rings. The van der Waals surface area contributed by atoms with Gasteiger partial charge in [0.1, 0.15) is 5.75 Å². The van der Waals surface area contributed by atoms with Crippen LogP contribution in [0.4, 0.5) is 11.8 Å². The number of benzene rings is 1. The summed E-state index contributed by atoms with van der Waals surface area (Å²) in [5.41, 5.74) is 1.21. The number of hydrogen-bond donors (Lipinski definition) is 1. The van der Waals surface area contributed by atoms with Gasteiger partial charge in [0.25, 0.3) is 0 Å². The molecule has 0 aliphatic rings. The molecule has 0 aliphatic heterocycles. The fourth-order valence-corrected chi connectivity index (χ4v) is 2.21. The first-order valence-electron chi connectivity index (χ1n) is 8.00. The molecule has 0 aliphatic carbocycles. The van der Waals surface area contributed by atoms with Crippen LogP contribution >= 0.6 is 0 Å². The number of unbranched alkanes of at least 4 members (excludes halogenated alkanes) is 1. The number of nitrogens with zero attached hydrogens (tertiary/aromatic N) is 4. The van der Waals surface area contributed by atoms with E-state index in [1.807, 2.05) is 25.2 Å². The van der Waals surface area contributed by atoms with E-state index in [0.717, 1.165) is 43.9 Å². The topological polar surface area (TPSA) is 63.2 Å². The molecule has 6 nitrogen and oxygen atoms in total. The highest BCUT2D eigenvalue weighted by Gasteiger charge is 2.05. The lowest BCUT2D eigenvalue weighted by atomic mass is 10.1. The summed E-state index contributed by atoms with van der Waals surface area (Å²) in [6.07, 6.45) is 4.87. The van der Waals surface area contributed by atoms with Gasteiger partial charge in [-0.2, -0.15) is 10.1 Å². The second-order valence-corrected chi connectivity index (χ2v) is 5.44. The average molecular weight is 315 g/mol. The van der Waals surface area contributed by atoms with Crippen LogP contribution in [0.3, 0.4) is 0 Å². The van der Waals surface area contributed by atoms with E-state index >= 15 is 0 Å². The molecule has 0 saturated carbocycles. The SMILES string of the molecule is CCCCN(C)c1cnnc(NCCc2cccc(OC)c2)n1. The molecule has 1 heterocycles. The van der Waals surface area contributed by atoms with Gasteiger partial charge in [-0.1, -0.05) is 25.5 Å². The third-order valence-electron chi connectivity index (χ3n) is 3.62. The number of aromatic nitrogens is 3. The van der Waals surface area contributed by atoms with Gasteiger partial charge in [-0.15, -0.1) is 5.10 Å². The minimum Gasteiger partial charge on any atom is -0.497 e. The van der Waals surface area contributed by atoms with Gasteiger partial charge >= 0.3 is 0 Å². The first-order chi connectivity index (χ1) is 11.2. The van der Waals surface area contributed by atoms with Gasteiger partial charge < -0.3 is 15.0 Å². The molecule has 0 saturated heterocycles. The molecule has 0 unspecified atom stereocenters. The Hall–Kier alpha value is -2.37. The minimum absolute atomic E-state index is 0.564. The first-order valence-corrected chi connectivity index (χ1v) is 8.00. The third-order valence-corrected chi connectivity index (χ3v) is 3.62. The molecule has 1 N–H and O–H groups in total. The fraction of sp³-hybridized carbons (Fsp3) is 0.471. The molecule has 6 heteroatoms. The van der Waals surface area contributed by atoms with Gasteiger partial charge in [-0.3, -0.25) is 0 Å². The maximum absolute atomic E-state index is 5.23. The van der Waals surface area contributed by atoms with Crippen LogP contribution in [0, 0.1) is 0 Å². The highest BCUT2D eigenvalue weighted by Crippen LogP contribution is 2.13. The van der Waals surface area contributed by atoms with Crippen LogP contribution in [0.25, 0.3) is 0 Å². The Kier molecular flexibility index (Phi) is 6.59. The highest BCUT2D eigenvalue weighted by atomic mass is 16.5. The molecule has 2 rings (SSSR count). The standard InChI is InChI=1S/C17H25N5O/c1-4-5-11-22(2)16-13-19-21-17(20-16)18-10-9-14-7-6-8-15(12-14)23-3/h6-8,12-13H,4-5,9-11H2,1-3H3,(H,18,20,21). The van der Waals surface area contributed by atoms with Gasteiger partial charge in [-0.25, -0.2) is 0 Å². The monoisotopic (exact) mass is 315 g/mol. The number of anilines is 2. The van der Waals surface area contributed by atoms with E-state index in [0.29, 0.717) is 5.95 Å². The van der Waals surface area contributed by atoms with Crippen molar-refractivity contribution in [3.63, 3.8) is 0 Å². The Labute approximate surface area is 137 Å². The van der Waals surface area contributed by atoms with Gasteiger partial charge in [0.15, 0.2) is 5.82 Å². The molecule has 0 amide bonds. The smallest absolute Gasteiger partial charge is 0.244 e. The van der Waals surface area contributed by atoms with Crippen LogP contribution in [-0.4, -0.2) is 42.4 Å². The molecule has 1 aromatic heterocycles. The predicted molar refractivity (Wildman–Crippen MR) is 93.2 cm³/mol. The highest BCUT2D eigenvalue weighted by molar-refractivity contribution is 5.39. The van der Waals surface area contributed by atoms with Crippen molar-refractivity contribution >= 4 is 11.8 Å². The Balaban J connectivity index is 1.88. The van der Waals surface area contributed by atoms with Crippen molar-refractivity contribution in [1.82, 2.24) is 15.2 Å². The lowest BCUT2D eigenvalue weighted by Gasteiger charge is -2.17. The molecular weight excluding hydrogens is 290 g/mol. The summed E-state index contributed by atoms with van der Waals surface area (Å²) in [5, 5.41) is 11.3. The van der Waals surface area contributed by atoms with Crippen LogP contribution < -0.4 is 15.0 Å². The maximum Gasteiger partial charge on any atom is 0.244 e. The summed E-state index contributed by atoms with van der Waals surface area (Å²) in [5.74, 6) is 2.28.